The Bertz CT molecular complexity index is 643. The van der Waals surface area contributed by atoms with Crippen LogP contribution in [0.2, 0.25) is 0 Å². The lowest BCUT2D eigenvalue weighted by Crippen LogP contribution is -2.37. The second-order valence-corrected chi connectivity index (χ2v) is 6.54. The van der Waals surface area contributed by atoms with Crippen molar-refractivity contribution in [3.8, 4) is 10.6 Å². The number of urea groups is 1. The number of aliphatic hydroxyl groups excluding tert-OH is 1. The van der Waals surface area contributed by atoms with Crippen molar-refractivity contribution < 1.29 is 9.90 Å². The largest absolute Gasteiger partial charge is 0.396 e. The summed E-state index contributed by atoms with van der Waals surface area (Å²) in [6, 6.07) is 9.99. The van der Waals surface area contributed by atoms with Crippen LogP contribution in [0.3, 0.4) is 0 Å². The van der Waals surface area contributed by atoms with Crippen LogP contribution in [0.1, 0.15) is 25.7 Å². The maximum Gasteiger partial charge on any atom is 0.323 e. The summed E-state index contributed by atoms with van der Waals surface area (Å²) in [5.41, 5.74) is 0.993. The SMILES string of the molecule is O=C(Nc1nnc(-c2ccccc2)s1)N(CCCCO)C1CC1. The Labute approximate surface area is 139 Å². The quantitative estimate of drug-likeness (QED) is 0.764. The molecule has 1 fully saturated rings. The van der Waals surface area contributed by atoms with E-state index >= 15 is 0 Å². The Morgan fingerprint density at radius 2 is 2.04 bits per heavy atom. The molecule has 3 rings (SSSR count). The zero-order chi connectivity index (χ0) is 16.1. The molecule has 6 nitrogen and oxygen atoms in total. The Morgan fingerprint density at radius 1 is 1.26 bits per heavy atom. The molecule has 23 heavy (non-hydrogen) atoms. The minimum absolute atomic E-state index is 0.124. The lowest BCUT2D eigenvalue weighted by Gasteiger charge is -2.21. The number of rotatable bonds is 7. The summed E-state index contributed by atoms with van der Waals surface area (Å²) in [6.07, 6.45) is 3.63. The molecule has 0 atom stereocenters. The number of benzene rings is 1. The number of aliphatic hydroxyl groups is 1. The summed E-state index contributed by atoms with van der Waals surface area (Å²) < 4.78 is 0. The number of nitrogens with one attached hydrogen (secondary N) is 1. The molecular formula is C16H20N4O2S. The van der Waals surface area contributed by atoms with Gasteiger partial charge in [0.1, 0.15) is 5.01 Å². The molecule has 0 radical (unpaired) electrons. The zero-order valence-electron chi connectivity index (χ0n) is 12.8. The molecule has 7 heteroatoms. The standard InChI is InChI=1S/C16H20N4O2S/c21-11-5-4-10-20(13-8-9-13)16(22)17-15-19-18-14(23-15)12-6-2-1-3-7-12/h1-3,6-7,13,21H,4-5,8-11H2,(H,17,19,22). The van der Waals surface area contributed by atoms with Crippen LogP contribution in [0.4, 0.5) is 9.93 Å². The normalized spacial score (nSPS) is 13.8. The molecule has 1 aliphatic carbocycles. The first-order valence-electron chi connectivity index (χ1n) is 7.85. The van der Waals surface area contributed by atoms with Crippen molar-refractivity contribution in [1.82, 2.24) is 15.1 Å². The number of hydrogen-bond acceptors (Lipinski definition) is 5. The van der Waals surface area contributed by atoms with Gasteiger partial charge < -0.3 is 10.0 Å². The minimum atomic E-state index is -0.124. The van der Waals surface area contributed by atoms with Crippen LogP contribution in [-0.2, 0) is 0 Å². The van der Waals surface area contributed by atoms with Gasteiger partial charge in [-0.15, -0.1) is 10.2 Å². The fourth-order valence-corrected chi connectivity index (χ4v) is 3.10. The molecule has 1 heterocycles. The predicted octanol–water partition coefficient (Wildman–Crippen LogP) is 2.97. The molecule has 2 aromatic rings. The minimum Gasteiger partial charge on any atom is -0.396 e. The summed E-state index contributed by atoms with van der Waals surface area (Å²) in [4.78, 5) is 14.3. The van der Waals surface area contributed by atoms with Gasteiger partial charge in [-0.25, -0.2) is 4.79 Å². The number of aromatic nitrogens is 2. The Morgan fingerprint density at radius 3 is 2.74 bits per heavy atom. The van der Waals surface area contributed by atoms with Crippen LogP contribution >= 0.6 is 11.3 Å². The Balaban J connectivity index is 1.61. The highest BCUT2D eigenvalue weighted by molar-refractivity contribution is 7.18. The van der Waals surface area contributed by atoms with Gasteiger partial charge in [0.25, 0.3) is 0 Å². The smallest absolute Gasteiger partial charge is 0.323 e. The number of hydrogen-bond donors (Lipinski definition) is 2. The molecular weight excluding hydrogens is 312 g/mol. The van der Waals surface area contributed by atoms with Crippen LogP contribution < -0.4 is 5.32 Å². The average Bonchev–Trinajstić information content (AvgIpc) is 3.31. The van der Waals surface area contributed by atoms with Crippen LogP contribution in [0.5, 0.6) is 0 Å². The van der Waals surface area contributed by atoms with E-state index in [-0.39, 0.29) is 12.6 Å². The van der Waals surface area contributed by atoms with E-state index in [1.54, 1.807) is 0 Å². The third kappa shape index (κ3) is 4.27. The van der Waals surface area contributed by atoms with Crippen LogP contribution in [-0.4, -0.2) is 45.4 Å². The van der Waals surface area contributed by atoms with Gasteiger partial charge in [-0.2, -0.15) is 0 Å². The molecule has 1 aromatic carbocycles. The molecule has 122 valence electrons. The highest BCUT2D eigenvalue weighted by atomic mass is 32.1. The van der Waals surface area contributed by atoms with Crippen molar-refractivity contribution in [2.24, 2.45) is 0 Å². The number of amides is 2. The van der Waals surface area contributed by atoms with Gasteiger partial charge in [0.15, 0.2) is 0 Å². The van der Waals surface area contributed by atoms with Crippen LogP contribution in [0.25, 0.3) is 10.6 Å². The second kappa shape index (κ2) is 7.52. The maximum absolute atomic E-state index is 12.4. The van der Waals surface area contributed by atoms with E-state index in [1.807, 2.05) is 35.2 Å². The average molecular weight is 332 g/mol. The number of unbranched alkanes of at least 4 members (excludes halogenated alkanes) is 1. The van der Waals surface area contributed by atoms with E-state index in [9.17, 15) is 4.79 Å². The first kappa shape index (κ1) is 15.9. The van der Waals surface area contributed by atoms with Crippen molar-refractivity contribution in [2.75, 3.05) is 18.5 Å². The summed E-state index contributed by atoms with van der Waals surface area (Å²) >= 11 is 1.37. The number of carbonyl (C=O) groups is 1. The van der Waals surface area contributed by atoms with Gasteiger partial charge in [0, 0.05) is 24.8 Å². The van der Waals surface area contributed by atoms with Crippen molar-refractivity contribution in [3.63, 3.8) is 0 Å². The Kier molecular flexibility index (Phi) is 5.19. The van der Waals surface area contributed by atoms with E-state index in [0.29, 0.717) is 24.1 Å². The summed E-state index contributed by atoms with van der Waals surface area (Å²) in [5, 5.41) is 21.2. The van der Waals surface area contributed by atoms with Gasteiger partial charge in [-0.1, -0.05) is 41.7 Å². The summed E-state index contributed by atoms with van der Waals surface area (Å²) in [7, 11) is 0. The van der Waals surface area contributed by atoms with E-state index in [4.69, 9.17) is 5.11 Å². The monoisotopic (exact) mass is 332 g/mol. The fraction of sp³-hybridized carbons (Fsp3) is 0.438. The van der Waals surface area contributed by atoms with Crippen LogP contribution in [0, 0.1) is 0 Å². The molecule has 1 aliphatic rings. The van der Waals surface area contributed by atoms with E-state index in [1.165, 1.54) is 11.3 Å². The van der Waals surface area contributed by atoms with Crippen molar-refractivity contribution >= 4 is 22.5 Å². The first-order chi connectivity index (χ1) is 11.3. The van der Waals surface area contributed by atoms with Gasteiger partial charge in [-0.05, 0) is 25.7 Å². The van der Waals surface area contributed by atoms with E-state index < -0.39 is 0 Å². The maximum atomic E-state index is 12.4. The van der Waals surface area contributed by atoms with Crippen molar-refractivity contribution in [2.45, 2.75) is 31.7 Å². The summed E-state index contributed by atoms with van der Waals surface area (Å²) in [6.45, 7) is 0.832. The van der Waals surface area contributed by atoms with Gasteiger partial charge in [0.2, 0.25) is 5.13 Å². The highest BCUT2D eigenvalue weighted by Crippen LogP contribution is 2.29. The third-order valence-electron chi connectivity index (χ3n) is 3.72. The molecule has 2 N–H and O–H groups in total. The molecule has 1 aromatic heterocycles. The molecule has 0 saturated heterocycles. The fourth-order valence-electron chi connectivity index (χ4n) is 2.36. The van der Waals surface area contributed by atoms with E-state index in [2.05, 4.69) is 15.5 Å². The predicted molar refractivity (Wildman–Crippen MR) is 90.4 cm³/mol. The van der Waals surface area contributed by atoms with Crippen molar-refractivity contribution in [1.29, 1.82) is 0 Å². The molecule has 0 aliphatic heterocycles. The highest BCUT2D eigenvalue weighted by Gasteiger charge is 2.32. The molecule has 0 unspecified atom stereocenters. The molecule has 0 bridgehead atoms. The lowest BCUT2D eigenvalue weighted by molar-refractivity contribution is 0.204. The number of nitrogens with zero attached hydrogens (tertiary/aromatic N) is 3. The van der Waals surface area contributed by atoms with Crippen LogP contribution in [0.15, 0.2) is 30.3 Å². The topological polar surface area (TPSA) is 78.4 Å². The van der Waals surface area contributed by atoms with Gasteiger partial charge in [0.05, 0.1) is 0 Å². The third-order valence-corrected chi connectivity index (χ3v) is 4.60. The molecule has 2 amide bonds. The lowest BCUT2D eigenvalue weighted by atomic mass is 10.2. The Hall–Kier alpha value is -1.99. The van der Waals surface area contributed by atoms with E-state index in [0.717, 1.165) is 29.8 Å². The molecule has 0 spiro atoms. The second-order valence-electron chi connectivity index (χ2n) is 5.56. The van der Waals surface area contributed by atoms with Gasteiger partial charge >= 0.3 is 6.03 Å². The first-order valence-corrected chi connectivity index (χ1v) is 8.67. The summed E-state index contributed by atoms with van der Waals surface area (Å²) in [5.74, 6) is 0. The number of anilines is 1. The molecule has 1 saturated carbocycles. The van der Waals surface area contributed by atoms with Gasteiger partial charge in [-0.3, -0.25) is 5.32 Å². The van der Waals surface area contributed by atoms with Crippen molar-refractivity contribution in [3.05, 3.63) is 30.3 Å². The zero-order valence-corrected chi connectivity index (χ0v) is 13.6. The number of carbonyl (C=O) groups excluding carboxylic acids is 1.